The predicted octanol–water partition coefficient (Wildman–Crippen LogP) is 4.48. The number of hydrogen-bond donors (Lipinski definition) is 1. The van der Waals surface area contributed by atoms with Crippen molar-refractivity contribution in [3.8, 4) is 11.5 Å². The van der Waals surface area contributed by atoms with Crippen LogP contribution in [0.25, 0.3) is 0 Å². The van der Waals surface area contributed by atoms with E-state index < -0.39 is 9.16 Å². The van der Waals surface area contributed by atoms with Crippen LogP contribution < -0.4 is 4.74 Å². The smallest absolute Gasteiger partial charge is 0.141 e. The van der Waals surface area contributed by atoms with Crippen molar-refractivity contribution in [3.05, 3.63) is 48.0 Å². The highest BCUT2D eigenvalue weighted by Crippen LogP contribution is 2.79. The second-order valence-electron chi connectivity index (χ2n) is 6.29. The van der Waals surface area contributed by atoms with E-state index >= 15 is 0 Å². The molecule has 0 radical (unpaired) electrons. The van der Waals surface area contributed by atoms with E-state index in [-0.39, 0.29) is 0 Å². The summed E-state index contributed by atoms with van der Waals surface area (Å²) in [5.74, 6) is 2.10. The molecule has 0 aromatic heterocycles. The van der Waals surface area contributed by atoms with Crippen LogP contribution in [-0.4, -0.2) is 18.8 Å². The molecule has 0 saturated heterocycles. The molecule has 0 bridgehead atoms. The molecule has 2 heteroatoms. The lowest BCUT2D eigenvalue weighted by Gasteiger charge is -2.55. The third-order valence-corrected chi connectivity index (χ3v) is 8.05. The van der Waals surface area contributed by atoms with Gasteiger partial charge in [-0.3, -0.25) is 0 Å². The van der Waals surface area contributed by atoms with Crippen molar-refractivity contribution < 1.29 is 4.74 Å². The molecule has 0 fully saturated rings. The zero-order chi connectivity index (χ0) is 13.0. The Hall–Kier alpha value is -1.41. The Morgan fingerprint density at radius 2 is 1.50 bits per heavy atom. The Balaban J connectivity index is 2.40. The summed E-state index contributed by atoms with van der Waals surface area (Å²) in [5, 5.41) is 0. The van der Waals surface area contributed by atoms with E-state index in [4.69, 9.17) is 4.74 Å². The molecule has 0 aliphatic carbocycles. The average Bonchev–Trinajstić information content (AvgIpc) is 2.30. The van der Waals surface area contributed by atoms with Crippen molar-refractivity contribution in [1.82, 2.24) is 0 Å². The lowest BCUT2D eigenvalue weighted by molar-refractivity contribution is 0.448. The number of thiol groups is 1. The molecule has 2 aromatic rings. The summed E-state index contributed by atoms with van der Waals surface area (Å²) in [7, 11) is -2.07. The fraction of sp³-hybridized carbons (Fsp3) is 0.250. The summed E-state index contributed by atoms with van der Waals surface area (Å²) in [4.78, 5) is 2.77. The number of para-hydroxylation sites is 2. The second-order valence-corrected chi connectivity index (χ2v) is 12.8. The third kappa shape index (κ3) is 1.42. The summed E-state index contributed by atoms with van der Waals surface area (Å²) >= 11 is 0. The fourth-order valence-electron chi connectivity index (χ4n) is 2.82. The Bertz CT molecular complexity index is 635. The predicted molar refractivity (Wildman–Crippen MR) is 81.0 cm³/mol. The largest absolute Gasteiger partial charge is 0.455 e. The molecular formula is C16H20OS. The number of aryl methyl sites for hydroxylation is 1. The fourth-order valence-corrected chi connectivity index (χ4v) is 6.12. The van der Waals surface area contributed by atoms with Crippen LogP contribution in [0.15, 0.2) is 52.3 Å². The Labute approximate surface area is 109 Å². The van der Waals surface area contributed by atoms with E-state index in [0.717, 1.165) is 11.5 Å². The van der Waals surface area contributed by atoms with Crippen LogP contribution >= 0.6 is 9.16 Å². The van der Waals surface area contributed by atoms with Gasteiger partial charge >= 0.3 is 0 Å². The Kier molecular flexibility index (Phi) is 2.16. The highest BCUT2D eigenvalue weighted by molar-refractivity contribution is 8.48. The maximum atomic E-state index is 6.14. The molecule has 0 amide bonds. The van der Waals surface area contributed by atoms with Gasteiger partial charge in [-0.25, -0.2) is 9.16 Å². The first-order valence-electron chi connectivity index (χ1n) is 6.27. The standard InChI is InChI=1S/C16H20OS/c1-12-8-7-11-15-16(12)17-13-9-5-6-10-14(13)18(15,2,3)4/h5-11,18H,1-4H3. The molecule has 3 rings (SSSR count). The van der Waals surface area contributed by atoms with Crippen molar-refractivity contribution in [2.24, 2.45) is 0 Å². The average molecular weight is 260 g/mol. The summed E-state index contributed by atoms with van der Waals surface area (Å²) in [6.45, 7) is 2.12. The molecule has 1 nitrogen and oxygen atoms in total. The highest BCUT2D eigenvalue weighted by Gasteiger charge is 2.39. The molecule has 0 spiro atoms. The van der Waals surface area contributed by atoms with E-state index in [9.17, 15) is 0 Å². The van der Waals surface area contributed by atoms with Crippen molar-refractivity contribution in [2.45, 2.75) is 16.7 Å². The van der Waals surface area contributed by atoms with E-state index in [2.05, 4.69) is 68.2 Å². The van der Waals surface area contributed by atoms with Crippen LogP contribution in [0.5, 0.6) is 11.5 Å². The van der Waals surface area contributed by atoms with E-state index in [1.807, 2.05) is 0 Å². The monoisotopic (exact) mass is 260 g/mol. The van der Waals surface area contributed by atoms with Gasteiger partial charge in [-0.1, -0.05) is 24.3 Å². The Morgan fingerprint density at radius 1 is 0.833 bits per heavy atom. The normalized spacial score (nSPS) is 20.8. The van der Waals surface area contributed by atoms with Crippen LogP contribution in [0, 0.1) is 6.92 Å². The summed E-state index contributed by atoms with van der Waals surface area (Å²) in [6, 6.07) is 15.0. The van der Waals surface area contributed by atoms with Crippen LogP contribution in [-0.2, 0) is 0 Å². The number of rotatable bonds is 0. The van der Waals surface area contributed by atoms with Crippen molar-refractivity contribution in [3.63, 3.8) is 0 Å². The van der Waals surface area contributed by atoms with Gasteiger partial charge in [-0.05, 0) is 49.5 Å². The number of benzene rings is 2. The van der Waals surface area contributed by atoms with E-state index in [1.54, 1.807) is 0 Å². The third-order valence-electron chi connectivity index (χ3n) is 3.95. The molecular weight excluding hydrogens is 240 g/mol. The summed E-state index contributed by atoms with van der Waals surface area (Å²) < 4.78 is 6.14. The molecule has 0 N–H and O–H groups in total. The lowest BCUT2D eigenvalue weighted by Crippen LogP contribution is -2.20. The minimum absolute atomic E-state index is 1.03. The molecule has 0 unspecified atom stereocenters. The second kappa shape index (κ2) is 3.33. The van der Waals surface area contributed by atoms with Gasteiger partial charge in [0.05, 0.1) is 0 Å². The molecule has 0 atom stereocenters. The molecule has 1 heterocycles. The maximum Gasteiger partial charge on any atom is 0.141 e. The lowest BCUT2D eigenvalue weighted by atomic mass is 10.2. The molecule has 0 saturated carbocycles. The van der Waals surface area contributed by atoms with E-state index in [0.29, 0.717) is 0 Å². The quantitative estimate of drug-likeness (QED) is 0.687. The number of ether oxygens (including phenoxy) is 1. The molecule has 96 valence electrons. The molecule has 1 aliphatic rings. The van der Waals surface area contributed by atoms with Gasteiger partial charge in [0.15, 0.2) is 0 Å². The minimum Gasteiger partial charge on any atom is -0.455 e. The van der Waals surface area contributed by atoms with Crippen molar-refractivity contribution in [1.29, 1.82) is 0 Å². The molecule has 2 aromatic carbocycles. The van der Waals surface area contributed by atoms with Crippen LogP contribution in [0.4, 0.5) is 0 Å². The van der Waals surface area contributed by atoms with Crippen LogP contribution in [0.1, 0.15) is 5.56 Å². The number of hydrogen-bond acceptors (Lipinski definition) is 1. The topological polar surface area (TPSA) is 9.23 Å². The van der Waals surface area contributed by atoms with Gasteiger partial charge < -0.3 is 4.74 Å². The highest BCUT2D eigenvalue weighted by atomic mass is 32.3. The summed E-state index contributed by atoms with van der Waals surface area (Å²) in [5.41, 5.74) is 1.22. The van der Waals surface area contributed by atoms with Gasteiger partial charge in [0.25, 0.3) is 0 Å². The van der Waals surface area contributed by atoms with Gasteiger partial charge in [-0.2, -0.15) is 0 Å². The molecule has 1 aliphatic heterocycles. The summed E-state index contributed by atoms with van der Waals surface area (Å²) in [6.07, 6.45) is 7.22. The Morgan fingerprint density at radius 3 is 2.28 bits per heavy atom. The molecule has 18 heavy (non-hydrogen) atoms. The maximum absolute atomic E-state index is 6.14. The first-order chi connectivity index (χ1) is 8.38. The van der Waals surface area contributed by atoms with Crippen molar-refractivity contribution >= 4 is 9.16 Å². The van der Waals surface area contributed by atoms with Gasteiger partial charge in [0.1, 0.15) is 11.5 Å². The SMILES string of the molecule is Cc1cccc2c1Oc1ccccc1[SH]2(C)(C)C. The van der Waals surface area contributed by atoms with Gasteiger partial charge in [0, 0.05) is 9.79 Å². The minimum atomic E-state index is -2.07. The van der Waals surface area contributed by atoms with Crippen LogP contribution in [0.2, 0.25) is 0 Å². The zero-order valence-corrected chi connectivity index (χ0v) is 12.3. The van der Waals surface area contributed by atoms with Crippen molar-refractivity contribution in [2.75, 3.05) is 18.8 Å². The van der Waals surface area contributed by atoms with Gasteiger partial charge in [-0.15, -0.1) is 0 Å². The van der Waals surface area contributed by atoms with E-state index in [1.165, 1.54) is 15.4 Å². The first kappa shape index (κ1) is 11.7. The van der Waals surface area contributed by atoms with Gasteiger partial charge in [0.2, 0.25) is 0 Å². The number of fused-ring (bicyclic) bond motifs is 2. The first-order valence-corrected chi connectivity index (χ1v) is 9.85. The zero-order valence-electron chi connectivity index (χ0n) is 11.4. The van der Waals surface area contributed by atoms with Crippen LogP contribution in [0.3, 0.4) is 0 Å².